The van der Waals surface area contributed by atoms with Crippen molar-refractivity contribution in [1.29, 1.82) is 0 Å². The monoisotopic (exact) mass is 370 g/mol. The van der Waals surface area contributed by atoms with E-state index in [2.05, 4.69) is 5.10 Å². The molecule has 5 nitrogen and oxygen atoms in total. The molecule has 142 valence electrons. The fourth-order valence-corrected chi connectivity index (χ4v) is 3.72. The number of halogens is 3. The van der Waals surface area contributed by atoms with Crippen LogP contribution in [0, 0.1) is 5.92 Å². The van der Waals surface area contributed by atoms with E-state index in [0.717, 1.165) is 0 Å². The maximum atomic E-state index is 13.7. The van der Waals surface area contributed by atoms with Gasteiger partial charge in [0.15, 0.2) is 0 Å². The minimum atomic E-state index is -4.97. The van der Waals surface area contributed by atoms with Crippen LogP contribution in [0.25, 0.3) is 0 Å². The number of para-hydroxylation sites is 1. The zero-order chi connectivity index (χ0) is 18.9. The van der Waals surface area contributed by atoms with Crippen LogP contribution in [-0.4, -0.2) is 40.7 Å². The number of ether oxygens (including phenoxy) is 1. The number of fused-ring (bicyclic) bond motifs is 1. The number of carbonyl (C=O) groups is 1. The van der Waals surface area contributed by atoms with Crippen LogP contribution in [-0.2, 0) is 11.2 Å². The molecule has 1 amide bonds. The molecule has 0 bridgehead atoms. The van der Waals surface area contributed by atoms with E-state index in [0.29, 0.717) is 30.6 Å². The van der Waals surface area contributed by atoms with Crippen molar-refractivity contribution in [3.63, 3.8) is 0 Å². The zero-order valence-corrected chi connectivity index (χ0v) is 14.4. The Kier molecular flexibility index (Phi) is 4.96. The molecule has 1 aliphatic carbocycles. The summed E-state index contributed by atoms with van der Waals surface area (Å²) in [7, 11) is 1.49. The number of nitrogens with zero attached hydrogens (tertiary/aromatic N) is 2. The van der Waals surface area contributed by atoms with Gasteiger partial charge < -0.3 is 9.84 Å². The maximum Gasteiger partial charge on any atom is 0.439 e. The number of aliphatic hydroxyl groups is 1. The van der Waals surface area contributed by atoms with Crippen molar-refractivity contribution in [2.45, 2.75) is 50.4 Å². The summed E-state index contributed by atoms with van der Waals surface area (Å²) in [4.78, 5) is 12.5. The van der Waals surface area contributed by atoms with Crippen molar-refractivity contribution >= 4 is 11.6 Å². The normalized spacial score (nSPS) is 25.7. The molecule has 0 unspecified atom stereocenters. The number of benzene rings is 1. The Hall–Kier alpha value is -2.09. The minimum absolute atomic E-state index is 0.172. The fraction of sp³-hybridized carbons (Fsp3) is 0.556. The van der Waals surface area contributed by atoms with Gasteiger partial charge in [-0.3, -0.25) is 4.79 Å². The molecule has 1 N–H and O–H groups in total. The second-order valence-corrected chi connectivity index (χ2v) is 6.63. The third-order valence-corrected chi connectivity index (χ3v) is 5.07. The van der Waals surface area contributed by atoms with E-state index in [1.165, 1.54) is 7.11 Å². The Balaban J connectivity index is 1.81. The number of methoxy groups -OCH3 is 1. The summed E-state index contributed by atoms with van der Waals surface area (Å²) < 4.78 is 46.2. The third-order valence-electron chi connectivity index (χ3n) is 5.07. The summed E-state index contributed by atoms with van der Waals surface area (Å²) >= 11 is 0. The number of hydrogen-bond acceptors (Lipinski definition) is 4. The van der Waals surface area contributed by atoms with Crippen LogP contribution in [0.4, 0.5) is 13.2 Å². The van der Waals surface area contributed by atoms with Gasteiger partial charge in [0.25, 0.3) is 5.72 Å². The first-order valence-electron chi connectivity index (χ1n) is 8.60. The van der Waals surface area contributed by atoms with Gasteiger partial charge in [-0.25, -0.2) is 0 Å². The van der Waals surface area contributed by atoms with Crippen LogP contribution >= 0.6 is 0 Å². The largest absolute Gasteiger partial charge is 0.496 e. The number of amides is 1. The number of hydrogen-bond donors (Lipinski definition) is 1. The summed E-state index contributed by atoms with van der Waals surface area (Å²) in [6.07, 6.45) is -3.15. The van der Waals surface area contributed by atoms with Gasteiger partial charge in [0, 0.05) is 12.1 Å². The summed E-state index contributed by atoms with van der Waals surface area (Å²) in [5.41, 5.74) is -2.27. The summed E-state index contributed by atoms with van der Waals surface area (Å²) in [5, 5.41) is 14.6. The van der Waals surface area contributed by atoms with E-state index in [9.17, 15) is 23.1 Å². The van der Waals surface area contributed by atoms with Gasteiger partial charge in [0.2, 0.25) is 5.91 Å². The average Bonchev–Trinajstić information content (AvgIpc) is 2.94. The Bertz CT molecular complexity index is 720. The molecule has 1 aliphatic heterocycles. The van der Waals surface area contributed by atoms with Gasteiger partial charge in [0.05, 0.1) is 13.0 Å². The molecule has 0 radical (unpaired) electrons. The van der Waals surface area contributed by atoms with Crippen molar-refractivity contribution in [2.75, 3.05) is 7.11 Å². The van der Waals surface area contributed by atoms with Crippen LogP contribution < -0.4 is 4.74 Å². The Morgan fingerprint density at radius 1 is 1.38 bits per heavy atom. The first kappa shape index (κ1) is 18.7. The predicted octanol–water partition coefficient (Wildman–Crippen LogP) is 3.27. The molecule has 26 heavy (non-hydrogen) atoms. The molecule has 1 aromatic rings. The lowest BCUT2D eigenvalue weighted by molar-refractivity contribution is -0.317. The van der Waals surface area contributed by atoms with Crippen molar-refractivity contribution in [1.82, 2.24) is 5.01 Å². The van der Waals surface area contributed by atoms with Crippen molar-refractivity contribution in [3.8, 4) is 5.75 Å². The van der Waals surface area contributed by atoms with E-state index >= 15 is 0 Å². The van der Waals surface area contributed by atoms with Gasteiger partial charge in [-0.2, -0.15) is 23.3 Å². The quantitative estimate of drug-likeness (QED) is 0.885. The SMILES string of the molecule is COc1ccccc1CCC(=O)N1N=C2CCCC[C@H]2[C@]1(O)C(F)(F)F. The van der Waals surface area contributed by atoms with Gasteiger partial charge in [0.1, 0.15) is 5.75 Å². The van der Waals surface area contributed by atoms with Gasteiger partial charge >= 0.3 is 6.18 Å². The second kappa shape index (κ2) is 6.90. The van der Waals surface area contributed by atoms with Gasteiger partial charge in [-0.15, -0.1) is 0 Å². The number of rotatable bonds is 4. The number of carbonyl (C=O) groups excluding carboxylic acids is 1. The van der Waals surface area contributed by atoms with E-state index in [-0.39, 0.29) is 30.0 Å². The smallest absolute Gasteiger partial charge is 0.439 e. The van der Waals surface area contributed by atoms with Crippen LogP contribution in [0.1, 0.15) is 37.7 Å². The molecule has 0 saturated heterocycles. The van der Waals surface area contributed by atoms with Crippen molar-refractivity contribution < 1.29 is 27.8 Å². The molecule has 2 atom stereocenters. The molecule has 3 rings (SSSR count). The zero-order valence-electron chi connectivity index (χ0n) is 14.4. The highest BCUT2D eigenvalue weighted by molar-refractivity contribution is 5.93. The van der Waals surface area contributed by atoms with Crippen molar-refractivity contribution in [2.24, 2.45) is 11.0 Å². The van der Waals surface area contributed by atoms with E-state index < -0.39 is 23.7 Å². The third kappa shape index (κ3) is 3.06. The fourth-order valence-electron chi connectivity index (χ4n) is 3.72. The molecular formula is C18H21F3N2O3. The molecule has 1 aromatic carbocycles. The highest BCUT2D eigenvalue weighted by Crippen LogP contribution is 2.48. The van der Waals surface area contributed by atoms with E-state index in [1.54, 1.807) is 24.3 Å². The molecule has 1 fully saturated rings. The van der Waals surface area contributed by atoms with Crippen LogP contribution in [0.15, 0.2) is 29.4 Å². The molecule has 1 saturated carbocycles. The van der Waals surface area contributed by atoms with Gasteiger partial charge in [-0.1, -0.05) is 24.6 Å². The number of alkyl halides is 3. The summed E-state index contributed by atoms with van der Waals surface area (Å²) in [6.45, 7) is 0. The number of aryl methyl sites for hydroxylation is 1. The first-order valence-corrected chi connectivity index (χ1v) is 8.60. The topological polar surface area (TPSA) is 62.1 Å². The van der Waals surface area contributed by atoms with Crippen LogP contribution in [0.2, 0.25) is 0 Å². The second-order valence-electron chi connectivity index (χ2n) is 6.63. The first-order chi connectivity index (χ1) is 12.3. The van der Waals surface area contributed by atoms with Crippen LogP contribution in [0.5, 0.6) is 5.75 Å². The Morgan fingerprint density at radius 3 is 2.81 bits per heavy atom. The van der Waals surface area contributed by atoms with E-state index in [1.807, 2.05) is 0 Å². The number of hydrazone groups is 1. The Morgan fingerprint density at radius 2 is 2.12 bits per heavy atom. The van der Waals surface area contributed by atoms with E-state index in [4.69, 9.17) is 4.74 Å². The minimum Gasteiger partial charge on any atom is -0.496 e. The lowest BCUT2D eigenvalue weighted by atomic mass is 9.80. The molecule has 2 aliphatic rings. The van der Waals surface area contributed by atoms with Crippen LogP contribution in [0.3, 0.4) is 0 Å². The lowest BCUT2D eigenvalue weighted by Gasteiger charge is -2.38. The lowest BCUT2D eigenvalue weighted by Crippen LogP contribution is -2.61. The van der Waals surface area contributed by atoms with Gasteiger partial charge in [-0.05, 0) is 37.3 Å². The molecule has 0 aromatic heterocycles. The molecule has 8 heteroatoms. The molecule has 0 spiro atoms. The highest BCUT2D eigenvalue weighted by Gasteiger charge is 2.68. The van der Waals surface area contributed by atoms with Crippen molar-refractivity contribution in [3.05, 3.63) is 29.8 Å². The molecular weight excluding hydrogens is 349 g/mol. The summed E-state index contributed by atoms with van der Waals surface area (Å²) in [5.74, 6) is -1.46. The summed E-state index contributed by atoms with van der Waals surface area (Å²) in [6, 6.07) is 7.00. The average molecular weight is 370 g/mol. The standard InChI is InChI=1S/C18H21F3N2O3/c1-26-15-9-5-2-6-12(15)10-11-16(24)23-17(25,18(19,20)21)13-7-3-4-8-14(13)22-23/h2,5-6,9,13,25H,3-4,7-8,10-11H2,1H3/t13-,17+/m1/s1. The molecule has 1 heterocycles. The Labute approximate surface area is 149 Å². The predicted molar refractivity (Wildman–Crippen MR) is 88.6 cm³/mol. The maximum absolute atomic E-state index is 13.7. The highest BCUT2D eigenvalue weighted by atomic mass is 19.4.